The van der Waals surface area contributed by atoms with E-state index in [2.05, 4.69) is 20.4 Å². The molecule has 0 bridgehead atoms. The lowest BCUT2D eigenvalue weighted by Crippen LogP contribution is -2.26. The normalized spacial score (nSPS) is 10.6. The highest BCUT2D eigenvalue weighted by Crippen LogP contribution is 2.23. The van der Waals surface area contributed by atoms with Crippen molar-refractivity contribution < 1.29 is 14.7 Å². The van der Waals surface area contributed by atoms with E-state index in [0.29, 0.717) is 29.3 Å². The van der Waals surface area contributed by atoms with Crippen LogP contribution in [0.15, 0.2) is 42.7 Å². The lowest BCUT2D eigenvalue weighted by atomic mass is 10.2. The Morgan fingerprint density at radius 3 is 2.55 bits per heavy atom. The summed E-state index contributed by atoms with van der Waals surface area (Å²) in [5.74, 6) is -0.185. The number of amides is 2. The molecule has 0 radical (unpaired) electrons. The summed E-state index contributed by atoms with van der Waals surface area (Å²) in [6.45, 7) is 4.51. The van der Waals surface area contributed by atoms with Crippen molar-refractivity contribution in [3.8, 4) is 17.1 Å². The molecule has 9 heteroatoms. The number of aromatic nitrogens is 4. The van der Waals surface area contributed by atoms with Crippen molar-refractivity contribution in [1.29, 1.82) is 0 Å². The first-order chi connectivity index (χ1) is 13.9. The number of aryl methyl sites for hydroxylation is 1. The molecule has 3 rings (SSSR count). The maximum Gasteiger partial charge on any atom is 0.404 e. The third-order valence-electron chi connectivity index (χ3n) is 4.42. The molecule has 0 atom stereocenters. The minimum Gasteiger partial charge on any atom is -0.465 e. The van der Waals surface area contributed by atoms with E-state index < -0.39 is 6.09 Å². The summed E-state index contributed by atoms with van der Waals surface area (Å²) in [6, 6.07) is 9.00. The topological polar surface area (TPSA) is 113 Å². The van der Waals surface area contributed by atoms with Gasteiger partial charge in [-0.1, -0.05) is 6.07 Å². The van der Waals surface area contributed by atoms with Crippen LogP contribution >= 0.6 is 0 Å². The fourth-order valence-corrected chi connectivity index (χ4v) is 2.65. The molecule has 0 saturated carbocycles. The molecule has 3 heterocycles. The van der Waals surface area contributed by atoms with Crippen LogP contribution in [0.5, 0.6) is 0 Å². The summed E-state index contributed by atoms with van der Waals surface area (Å²) in [5.41, 5.74) is 3.86. The van der Waals surface area contributed by atoms with Gasteiger partial charge < -0.3 is 15.3 Å². The molecule has 0 spiro atoms. The highest BCUT2D eigenvalue weighted by molar-refractivity contribution is 5.93. The molecule has 0 aliphatic carbocycles. The molecule has 0 aliphatic heterocycles. The van der Waals surface area contributed by atoms with Crippen molar-refractivity contribution in [3.05, 3.63) is 59.7 Å². The molecule has 0 aliphatic rings. The average Bonchev–Trinajstić information content (AvgIpc) is 3.17. The largest absolute Gasteiger partial charge is 0.465 e. The van der Waals surface area contributed by atoms with E-state index in [-0.39, 0.29) is 12.5 Å². The molecule has 0 fully saturated rings. The van der Waals surface area contributed by atoms with Gasteiger partial charge in [0.15, 0.2) is 5.69 Å². The van der Waals surface area contributed by atoms with E-state index in [1.807, 2.05) is 26.0 Å². The molecule has 3 aromatic heterocycles. The highest BCUT2D eigenvalue weighted by atomic mass is 16.4. The fraction of sp³-hybridized carbons (Fsp3) is 0.250. The van der Waals surface area contributed by atoms with E-state index in [1.165, 1.54) is 0 Å². The van der Waals surface area contributed by atoms with Gasteiger partial charge in [-0.3, -0.25) is 14.8 Å². The maximum atomic E-state index is 12.6. The maximum absolute atomic E-state index is 12.6. The second-order valence-corrected chi connectivity index (χ2v) is 6.51. The number of carbonyl (C=O) groups is 2. The molecule has 2 amide bonds. The molecular formula is C20H22N6O3. The quantitative estimate of drug-likeness (QED) is 0.664. The number of hydrogen-bond donors (Lipinski definition) is 2. The summed E-state index contributed by atoms with van der Waals surface area (Å²) < 4.78 is 1.64. The summed E-state index contributed by atoms with van der Waals surface area (Å²) in [6.07, 6.45) is 2.19. The highest BCUT2D eigenvalue weighted by Gasteiger charge is 2.19. The zero-order valence-corrected chi connectivity index (χ0v) is 16.5. The van der Waals surface area contributed by atoms with Gasteiger partial charge in [0.05, 0.1) is 23.3 Å². The Balaban J connectivity index is 2.01. The van der Waals surface area contributed by atoms with Gasteiger partial charge in [-0.25, -0.2) is 9.48 Å². The van der Waals surface area contributed by atoms with Gasteiger partial charge in [0.1, 0.15) is 0 Å². The number of pyridine rings is 2. The third-order valence-corrected chi connectivity index (χ3v) is 4.42. The monoisotopic (exact) mass is 394 g/mol. The van der Waals surface area contributed by atoms with Crippen molar-refractivity contribution in [2.45, 2.75) is 20.4 Å². The Kier molecular flexibility index (Phi) is 5.87. The van der Waals surface area contributed by atoms with Crippen LogP contribution in [0, 0.1) is 6.92 Å². The number of nitrogens with zero attached hydrogens (tertiary/aromatic N) is 5. The van der Waals surface area contributed by atoms with Gasteiger partial charge in [-0.15, -0.1) is 0 Å². The van der Waals surface area contributed by atoms with Crippen molar-refractivity contribution in [2.24, 2.45) is 0 Å². The summed E-state index contributed by atoms with van der Waals surface area (Å²) in [4.78, 5) is 33.6. The predicted octanol–water partition coefficient (Wildman–Crippen LogP) is 2.50. The number of nitrogens with one attached hydrogen (secondary N) is 1. The predicted molar refractivity (Wildman–Crippen MR) is 107 cm³/mol. The van der Waals surface area contributed by atoms with Crippen molar-refractivity contribution >= 4 is 12.0 Å². The van der Waals surface area contributed by atoms with Gasteiger partial charge in [0, 0.05) is 32.0 Å². The van der Waals surface area contributed by atoms with Gasteiger partial charge in [0.25, 0.3) is 5.91 Å². The van der Waals surface area contributed by atoms with E-state index in [0.717, 1.165) is 11.3 Å². The standard InChI is InChI=1S/C20H22N6O3/c1-4-25(3)19(27)17-9-18(26(24-17)15-7-5-13(2)21-12-15)16-8-6-14(10-22-16)11-23-20(28)29/h5-10,12,23H,4,11H2,1-3H3,(H,28,29). The second-order valence-electron chi connectivity index (χ2n) is 6.51. The van der Waals surface area contributed by atoms with Crippen LogP contribution < -0.4 is 5.32 Å². The minimum atomic E-state index is -1.10. The smallest absolute Gasteiger partial charge is 0.404 e. The first-order valence-corrected chi connectivity index (χ1v) is 9.09. The molecule has 0 unspecified atom stereocenters. The lowest BCUT2D eigenvalue weighted by Gasteiger charge is -2.11. The molecule has 29 heavy (non-hydrogen) atoms. The lowest BCUT2D eigenvalue weighted by molar-refractivity contribution is 0.0796. The van der Waals surface area contributed by atoms with Crippen molar-refractivity contribution in [2.75, 3.05) is 13.6 Å². The molecule has 150 valence electrons. The zero-order chi connectivity index (χ0) is 21.0. The van der Waals surface area contributed by atoms with E-state index in [9.17, 15) is 9.59 Å². The molecule has 9 nitrogen and oxygen atoms in total. The number of hydrogen-bond acceptors (Lipinski definition) is 5. The van der Waals surface area contributed by atoms with E-state index in [4.69, 9.17) is 5.11 Å². The Hall–Kier alpha value is -3.75. The van der Waals surface area contributed by atoms with E-state index >= 15 is 0 Å². The van der Waals surface area contributed by atoms with Gasteiger partial charge in [-0.05, 0) is 43.7 Å². The van der Waals surface area contributed by atoms with Crippen molar-refractivity contribution in [1.82, 2.24) is 30.0 Å². The number of rotatable bonds is 6. The first kappa shape index (κ1) is 20.0. The molecule has 2 N–H and O–H groups in total. The van der Waals surface area contributed by atoms with Crippen molar-refractivity contribution in [3.63, 3.8) is 0 Å². The SMILES string of the molecule is CCN(C)C(=O)c1cc(-c2ccc(CNC(=O)O)cn2)n(-c2ccc(C)nc2)n1. The third kappa shape index (κ3) is 4.57. The minimum absolute atomic E-state index is 0.161. The van der Waals surface area contributed by atoms with Crippen LogP contribution in [0.2, 0.25) is 0 Å². The molecule has 0 saturated heterocycles. The fourth-order valence-electron chi connectivity index (χ4n) is 2.65. The van der Waals surface area contributed by atoms with Crippen LogP contribution in [0.25, 0.3) is 17.1 Å². The summed E-state index contributed by atoms with van der Waals surface area (Å²) in [7, 11) is 1.72. The Bertz CT molecular complexity index is 1010. The zero-order valence-electron chi connectivity index (χ0n) is 16.5. The Morgan fingerprint density at radius 1 is 1.17 bits per heavy atom. The van der Waals surface area contributed by atoms with Gasteiger partial charge >= 0.3 is 6.09 Å². The average molecular weight is 394 g/mol. The Morgan fingerprint density at radius 2 is 1.97 bits per heavy atom. The molecular weight excluding hydrogens is 372 g/mol. The van der Waals surface area contributed by atoms with Crippen LogP contribution in [0.4, 0.5) is 4.79 Å². The van der Waals surface area contributed by atoms with Crippen LogP contribution in [0.1, 0.15) is 28.7 Å². The molecule has 0 aromatic carbocycles. The summed E-state index contributed by atoms with van der Waals surface area (Å²) >= 11 is 0. The van der Waals surface area contributed by atoms with E-state index in [1.54, 1.807) is 47.2 Å². The number of carbonyl (C=O) groups excluding carboxylic acids is 1. The number of carboxylic acid groups (broad SMARTS) is 1. The van der Waals surface area contributed by atoms with Crippen LogP contribution in [-0.4, -0.2) is 55.3 Å². The van der Waals surface area contributed by atoms with Crippen LogP contribution in [0.3, 0.4) is 0 Å². The van der Waals surface area contributed by atoms with Gasteiger partial charge in [0.2, 0.25) is 0 Å². The molecule has 3 aromatic rings. The Labute approximate surface area is 168 Å². The first-order valence-electron chi connectivity index (χ1n) is 9.09. The van der Waals surface area contributed by atoms with Gasteiger partial charge in [-0.2, -0.15) is 5.10 Å². The second kappa shape index (κ2) is 8.51. The van der Waals surface area contributed by atoms with Crippen LogP contribution in [-0.2, 0) is 6.54 Å². The summed E-state index contributed by atoms with van der Waals surface area (Å²) in [5, 5.41) is 15.5.